The fourth-order valence-corrected chi connectivity index (χ4v) is 3.89. The van der Waals surface area contributed by atoms with Crippen molar-refractivity contribution in [1.82, 2.24) is 0 Å². The van der Waals surface area contributed by atoms with Crippen LogP contribution in [0.15, 0.2) is 42.5 Å². The molecule has 6 nitrogen and oxygen atoms in total. The molecule has 0 fully saturated rings. The van der Waals surface area contributed by atoms with Gasteiger partial charge >= 0.3 is 0 Å². The van der Waals surface area contributed by atoms with Gasteiger partial charge in [0.05, 0.1) is 34.9 Å². The van der Waals surface area contributed by atoms with Crippen LogP contribution in [-0.2, 0) is 0 Å². The second-order valence-electron chi connectivity index (χ2n) is 6.07. The second kappa shape index (κ2) is 8.12. The summed E-state index contributed by atoms with van der Waals surface area (Å²) in [6.07, 6.45) is 5.57. The van der Waals surface area contributed by atoms with E-state index in [1.165, 1.54) is 20.3 Å². The van der Waals surface area contributed by atoms with Crippen LogP contribution in [0, 0.1) is 17.0 Å². The number of rotatable bonds is 5. The molecule has 0 spiro atoms. The molecule has 3 rings (SSSR count). The highest BCUT2D eigenvalue weighted by molar-refractivity contribution is 6.39. The van der Waals surface area contributed by atoms with Crippen LogP contribution >= 0.6 is 23.2 Å². The molecule has 0 unspecified atom stereocenters. The number of methoxy groups -OCH3 is 2. The van der Waals surface area contributed by atoms with Gasteiger partial charge in [0.1, 0.15) is 17.2 Å². The lowest BCUT2D eigenvalue weighted by Gasteiger charge is -2.31. The molecule has 28 heavy (non-hydrogen) atoms. The van der Waals surface area contributed by atoms with Crippen LogP contribution < -0.4 is 14.4 Å². The van der Waals surface area contributed by atoms with Crippen molar-refractivity contribution < 1.29 is 14.4 Å². The van der Waals surface area contributed by atoms with Crippen molar-refractivity contribution >= 4 is 40.3 Å². The topological polar surface area (TPSA) is 64.8 Å². The highest BCUT2D eigenvalue weighted by Crippen LogP contribution is 2.47. The van der Waals surface area contributed by atoms with Gasteiger partial charge in [-0.2, -0.15) is 0 Å². The number of allylic oxidation sites excluding steroid dienone is 2. The first-order valence-electron chi connectivity index (χ1n) is 8.39. The Kier molecular flexibility index (Phi) is 5.82. The third-order valence-corrected chi connectivity index (χ3v) is 5.23. The number of anilines is 1. The fourth-order valence-electron chi connectivity index (χ4n) is 3.20. The van der Waals surface area contributed by atoms with Gasteiger partial charge in [-0.1, -0.05) is 47.5 Å². The van der Waals surface area contributed by atoms with E-state index in [1.807, 2.05) is 36.1 Å². The quantitative estimate of drug-likeness (QED) is 0.462. The van der Waals surface area contributed by atoms with Crippen LogP contribution in [0.25, 0.3) is 5.70 Å². The standard InChI is InChI=1S/C20H18Cl2N2O4/c1-12-7-6-9-14(24(25)26)20(12)23-10-5-4-8-13(23)17-18(21)15(27-2)11-16(28-3)19(17)22/h4-9,11H,10H2,1-3H3. The Morgan fingerprint density at radius 3 is 2.36 bits per heavy atom. The minimum atomic E-state index is -0.395. The molecule has 1 aliphatic rings. The van der Waals surface area contributed by atoms with E-state index in [0.717, 1.165) is 5.56 Å². The van der Waals surface area contributed by atoms with Crippen molar-refractivity contribution in [3.63, 3.8) is 0 Å². The maximum atomic E-state index is 11.6. The van der Waals surface area contributed by atoms with Crippen LogP contribution in [-0.4, -0.2) is 25.7 Å². The van der Waals surface area contributed by atoms with Crippen LogP contribution in [0.3, 0.4) is 0 Å². The van der Waals surface area contributed by atoms with Crippen LogP contribution in [0.1, 0.15) is 11.1 Å². The first kappa shape index (κ1) is 20.0. The van der Waals surface area contributed by atoms with Crippen LogP contribution in [0.4, 0.5) is 11.4 Å². The average Bonchev–Trinajstić information content (AvgIpc) is 2.68. The van der Waals surface area contributed by atoms with E-state index in [-0.39, 0.29) is 5.69 Å². The van der Waals surface area contributed by atoms with Gasteiger partial charge in [-0.3, -0.25) is 10.1 Å². The zero-order chi connectivity index (χ0) is 20.4. The van der Waals surface area contributed by atoms with E-state index >= 15 is 0 Å². The van der Waals surface area contributed by atoms with E-state index < -0.39 is 4.92 Å². The third kappa shape index (κ3) is 3.41. The number of benzene rings is 2. The zero-order valence-corrected chi connectivity index (χ0v) is 17.0. The SMILES string of the molecule is COc1cc(OC)c(Cl)c(C2=CC=CCN2c2c(C)cccc2[N+](=O)[O-])c1Cl. The number of aryl methyl sites for hydroxylation is 1. The molecular formula is C20H18Cl2N2O4. The van der Waals surface area contributed by atoms with Gasteiger partial charge in [-0.05, 0) is 18.6 Å². The molecule has 0 saturated heterocycles. The summed E-state index contributed by atoms with van der Waals surface area (Å²) < 4.78 is 10.7. The normalized spacial score (nSPS) is 13.3. The second-order valence-corrected chi connectivity index (χ2v) is 6.83. The van der Waals surface area contributed by atoms with Gasteiger partial charge in [0, 0.05) is 24.2 Å². The van der Waals surface area contributed by atoms with E-state index in [0.29, 0.717) is 45.0 Å². The van der Waals surface area contributed by atoms with Gasteiger partial charge in [0.25, 0.3) is 5.69 Å². The van der Waals surface area contributed by atoms with Crippen molar-refractivity contribution in [2.24, 2.45) is 0 Å². The molecule has 0 atom stereocenters. The lowest BCUT2D eigenvalue weighted by molar-refractivity contribution is -0.384. The van der Waals surface area contributed by atoms with Crippen molar-refractivity contribution in [3.8, 4) is 11.5 Å². The molecule has 0 aliphatic carbocycles. The van der Waals surface area contributed by atoms with Crippen molar-refractivity contribution in [1.29, 1.82) is 0 Å². The summed E-state index contributed by atoms with van der Waals surface area (Å²) in [4.78, 5) is 13.1. The molecular weight excluding hydrogens is 403 g/mol. The highest BCUT2D eigenvalue weighted by atomic mass is 35.5. The monoisotopic (exact) mass is 420 g/mol. The maximum absolute atomic E-state index is 11.6. The maximum Gasteiger partial charge on any atom is 0.293 e. The molecule has 1 aliphatic heterocycles. The minimum absolute atomic E-state index is 0.00306. The molecule has 0 amide bonds. The number of para-hydroxylation sites is 1. The number of nitrogens with zero attached hydrogens (tertiary/aromatic N) is 2. The van der Waals surface area contributed by atoms with Crippen molar-refractivity contribution in [2.45, 2.75) is 6.92 Å². The average molecular weight is 421 g/mol. The molecule has 0 N–H and O–H groups in total. The summed E-state index contributed by atoms with van der Waals surface area (Å²) in [5.74, 6) is 0.792. The molecule has 146 valence electrons. The predicted molar refractivity (Wildman–Crippen MR) is 112 cm³/mol. The molecule has 8 heteroatoms. The number of ether oxygens (including phenoxy) is 2. The van der Waals surface area contributed by atoms with E-state index in [1.54, 1.807) is 12.1 Å². The summed E-state index contributed by atoms with van der Waals surface area (Å²) in [7, 11) is 2.99. The molecule has 1 heterocycles. The zero-order valence-electron chi connectivity index (χ0n) is 15.5. The summed E-state index contributed by atoms with van der Waals surface area (Å²) in [5.41, 5.74) is 2.35. The highest BCUT2D eigenvalue weighted by Gasteiger charge is 2.29. The van der Waals surface area contributed by atoms with Gasteiger partial charge in [-0.25, -0.2) is 0 Å². The number of hydrogen-bond acceptors (Lipinski definition) is 5. The van der Waals surface area contributed by atoms with E-state index in [9.17, 15) is 10.1 Å². The number of nitro groups is 1. The van der Waals surface area contributed by atoms with Crippen molar-refractivity contribution in [2.75, 3.05) is 25.7 Å². The molecule has 0 saturated carbocycles. The van der Waals surface area contributed by atoms with E-state index in [4.69, 9.17) is 32.7 Å². The summed E-state index contributed by atoms with van der Waals surface area (Å²) in [6, 6.07) is 6.57. The van der Waals surface area contributed by atoms with Gasteiger partial charge in [-0.15, -0.1) is 0 Å². The van der Waals surface area contributed by atoms with Gasteiger partial charge in [0.2, 0.25) is 0 Å². The van der Waals surface area contributed by atoms with Gasteiger partial charge in [0.15, 0.2) is 0 Å². The van der Waals surface area contributed by atoms with E-state index in [2.05, 4.69) is 0 Å². The Bertz CT molecular complexity index is 974. The third-order valence-electron chi connectivity index (χ3n) is 4.48. The Labute approximate surface area is 172 Å². The Morgan fingerprint density at radius 1 is 1.14 bits per heavy atom. The Morgan fingerprint density at radius 2 is 1.79 bits per heavy atom. The van der Waals surface area contributed by atoms with Crippen molar-refractivity contribution in [3.05, 3.63) is 73.8 Å². The lowest BCUT2D eigenvalue weighted by atomic mass is 10.0. The first-order chi connectivity index (χ1) is 13.4. The summed E-state index contributed by atoms with van der Waals surface area (Å²) in [5, 5.41) is 12.2. The van der Waals surface area contributed by atoms with Crippen LogP contribution in [0.2, 0.25) is 10.0 Å². The molecule has 0 radical (unpaired) electrons. The fraction of sp³-hybridized carbons (Fsp3) is 0.200. The Balaban J connectivity index is 2.27. The predicted octanol–water partition coefficient (Wildman–Crippen LogP) is 5.64. The smallest absolute Gasteiger partial charge is 0.293 e. The summed E-state index contributed by atoms with van der Waals surface area (Å²) in [6.45, 7) is 2.25. The molecule has 0 aromatic heterocycles. The number of halogens is 2. The molecule has 2 aromatic rings. The van der Waals surface area contributed by atoms with Crippen LogP contribution in [0.5, 0.6) is 11.5 Å². The Hall–Kier alpha value is -2.70. The first-order valence-corrected chi connectivity index (χ1v) is 9.15. The number of hydrogen-bond donors (Lipinski definition) is 0. The molecule has 0 bridgehead atoms. The lowest BCUT2D eigenvalue weighted by Crippen LogP contribution is -2.25. The minimum Gasteiger partial charge on any atom is -0.495 e. The molecule has 2 aromatic carbocycles. The number of nitro benzene ring substituents is 1. The van der Waals surface area contributed by atoms with Gasteiger partial charge < -0.3 is 14.4 Å². The summed E-state index contributed by atoms with van der Waals surface area (Å²) >= 11 is 13.2. The largest absolute Gasteiger partial charge is 0.495 e.